The van der Waals surface area contributed by atoms with Gasteiger partial charge in [-0.25, -0.2) is 0 Å². The van der Waals surface area contributed by atoms with Gasteiger partial charge in [0.05, 0.1) is 11.0 Å². The van der Waals surface area contributed by atoms with Gasteiger partial charge in [0.2, 0.25) is 0 Å². The number of rotatable bonds is 4. The second-order valence-corrected chi connectivity index (χ2v) is 3.82. The summed E-state index contributed by atoms with van der Waals surface area (Å²) in [5, 5.41) is 22.1. The number of amides is 1. The molecule has 1 rings (SSSR count). The number of nitrogens with one attached hydrogen (secondary N) is 1. The Balaban J connectivity index is 2.83. The lowest BCUT2D eigenvalue weighted by Crippen LogP contribution is -2.30. The Labute approximate surface area is 98.4 Å². The van der Waals surface area contributed by atoms with Gasteiger partial charge in [-0.2, -0.15) is 0 Å². The molecule has 0 aliphatic carbocycles. The van der Waals surface area contributed by atoms with Crippen LogP contribution in [-0.2, 0) is 0 Å². The zero-order valence-electron chi connectivity index (χ0n) is 9.64. The smallest absolute Gasteiger partial charge is 0.272 e. The van der Waals surface area contributed by atoms with Crippen molar-refractivity contribution in [1.82, 2.24) is 5.32 Å². The van der Waals surface area contributed by atoms with E-state index < -0.39 is 11.0 Å². The number of aryl methyl sites for hydroxylation is 1. The molecule has 17 heavy (non-hydrogen) atoms. The van der Waals surface area contributed by atoms with Gasteiger partial charge in [-0.3, -0.25) is 14.9 Å². The van der Waals surface area contributed by atoms with E-state index in [9.17, 15) is 14.9 Å². The van der Waals surface area contributed by atoms with Crippen LogP contribution in [0.3, 0.4) is 0 Å². The van der Waals surface area contributed by atoms with Gasteiger partial charge in [0.25, 0.3) is 11.6 Å². The van der Waals surface area contributed by atoms with Crippen molar-refractivity contribution >= 4 is 11.6 Å². The Bertz CT molecular complexity index is 443. The van der Waals surface area contributed by atoms with Gasteiger partial charge in [-0.15, -0.1) is 0 Å². The summed E-state index contributed by atoms with van der Waals surface area (Å²) in [6, 6.07) is 4.14. The lowest BCUT2D eigenvalue weighted by molar-refractivity contribution is -0.385. The lowest BCUT2D eigenvalue weighted by atomic mass is 10.1. The maximum Gasteiger partial charge on any atom is 0.272 e. The molecular weight excluding hydrogens is 224 g/mol. The summed E-state index contributed by atoms with van der Waals surface area (Å²) in [5.41, 5.74) is 0.755. The number of carbonyl (C=O) groups is 1. The lowest BCUT2D eigenvalue weighted by Gasteiger charge is -2.07. The van der Waals surface area contributed by atoms with E-state index in [2.05, 4.69) is 5.32 Å². The van der Waals surface area contributed by atoms with E-state index in [4.69, 9.17) is 5.11 Å². The standard InChI is InChI=1S/C11H14N2O4/c1-7-5-9(3-4-10(7)13(16)17)11(15)12-6-8(2)14/h3-5,8,14H,6H2,1-2H3,(H,12,15)/t8-/m1/s1. The molecule has 92 valence electrons. The van der Waals surface area contributed by atoms with Gasteiger partial charge >= 0.3 is 0 Å². The van der Waals surface area contributed by atoms with E-state index in [1.165, 1.54) is 18.2 Å². The van der Waals surface area contributed by atoms with Crippen molar-refractivity contribution in [2.24, 2.45) is 0 Å². The van der Waals surface area contributed by atoms with Crippen LogP contribution in [-0.4, -0.2) is 28.6 Å². The maximum absolute atomic E-state index is 11.6. The number of hydrogen-bond acceptors (Lipinski definition) is 4. The molecule has 2 N–H and O–H groups in total. The van der Waals surface area contributed by atoms with E-state index in [1.807, 2.05) is 0 Å². The second kappa shape index (κ2) is 5.40. The highest BCUT2D eigenvalue weighted by Gasteiger charge is 2.13. The highest BCUT2D eigenvalue weighted by molar-refractivity contribution is 5.94. The first-order valence-corrected chi connectivity index (χ1v) is 5.13. The van der Waals surface area contributed by atoms with Crippen molar-refractivity contribution in [3.8, 4) is 0 Å². The SMILES string of the molecule is Cc1cc(C(=O)NC[C@@H](C)O)ccc1[N+](=O)[O-]. The Kier molecular flexibility index (Phi) is 4.17. The third-order valence-corrected chi connectivity index (χ3v) is 2.21. The number of benzene rings is 1. The molecule has 0 spiro atoms. The number of nitro benzene ring substituents is 1. The Morgan fingerprint density at radius 2 is 2.24 bits per heavy atom. The molecule has 6 nitrogen and oxygen atoms in total. The molecular formula is C11H14N2O4. The van der Waals surface area contributed by atoms with Crippen LogP contribution in [0.15, 0.2) is 18.2 Å². The number of aliphatic hydroxyl groups is 1. The predicted octanol–water partition coefficient (Wildman–Crippen LogP) is 1.01. The Morgan fingerprint density at radius 3 is 2.71 bits per heavy atom. The quantitative estimate of drug-likeness (QED) is 0.605. The fraction of sp³-hybridized carbons (Fsp3) is 0.364. The van der Waals surface area contributed by atoms with Crippen LogP contribution in [0.1, 0.15) is 22.8 Å². The first kappa shape index (κ1) is 13.1. The Morgan fingerprint density at radius 1 is 1.59 bits per heavy atom. The molecule has 1 aromatic carbocycles. The van der Waals surface area contributed by atoms with E-state index in [0.717, 1.165) is 0 Å². The van der Waals surface area contributed by atoms with Crippen LogP contribution >= 0.6 is 0 Å². The zero-order chi connectivity index (χ0) is 13.0. The molecule has 6 heteroatoms. The molecule has 0 aliphatic rings. The van der Waals surface area contributed by atoms with Crippen LogP contribution in [0.5, 0.6) is 0 Å². The molecule has 0 aromatic heterocycles. The van der Waals surface area contributed by atoms with Crippen LogP contribution in [0.4, 0.5) is 5.69 Å². The third kappa shape index (κ3) is 3.53. The minimum absolute atomic E-state index is 0.0166. The minimum atomic E-state index is -0.627. The minimum Gasteiger partial charge on any atom is -0.392 e. The summed E-state index contributed by atoms with van der Waals surface area (Å²) in [6.45, 7) is 3.28. The summed E-state index contributed by atoms with van der Waals surface area (Å²) in [7, 11) is 0. The van der Waals surface area contributed by atoms with Crippen LogP contribution in [0.25, 0.3) is 0 Å². The summed E-state index contributed by atoms with van der Waals surface area (Å²) in [4.78, 5) is 21.7. The van der Waals surface area contributed by atoms with Gasteiger partial charge in [-0.1, -0.05) is 0 Å². The highest BCUT2D eigenvalue weighted by atomic mass is 16.6. The molecule has 0 heterocycles. The van der Waals surface area contributed by atoms with Gasteiger partial charge in [0, 0.05) is 23.7 Å². The molecule has 0 fully saturated rings. The average molecular weight is 238 g/mol. The van der Waals surface area contributed by atoms with E-state index >= 15 is 0 Å². The molecule has 1 amide bonds. The topological polar surface area (TPSA) is 92.5 Å². The number of hydrogen-bond donors (Lipinski definition) is 2. The highest BCUT2D eigenvalue weighted by Crippen LogP contribution is 2.18. The van der Waals surface area contributed by atoms with Crippen molar-refractivity contribution in [3.05, 3.63) is 39.4 Å². The summed E-state index contributed by atoms with van der Waals surface area (Å²) in [6.07, 6.45) is -0.627. The molecule has 0 bridgehead atoms. The van der Waals surface area contributed by atoms with Crippen molar-refractivity contribution < 1.29 is 14.8 Å². The van der Waals surface area contributed by atoms with Crippen LogP contribution in [0, 0.1) is 17.0 Å². The number of nitro groups is 1. The largest absolute Gasteiger partial charge is 0.392 e. The molecule has 0 radical (unpaired) electrons. The van der Waals surface area contributed by atoms with Gasteiger partial charge < -0.3 is 10.4 Å². The molecule has 0 unspecified atom stereocenters. The van der Waals surface area contributed by atoms with E-state index in [0.29, 0.717) is 11.1 Å². The fourth-order valence-electron chi connectivity index (χ4n) is 1.34. The molecule has 0 aliphatic heterocycles. The van der Waals surface area contributed by atoms with Crippen LogP contribution < -0.4 is 5.32 Å². The monoisotopic (exact) mass is 238 g/mol. The predicted molar refractivity (Wildman–Crippen MR) is 61.8 cm³/mol. The van der Waals surface area contributed by atoms with E-state index in [-0.39, 0.29) is 18.1 Å². The average Bonchev–Trinajstić information content (AvgIpc) is 2.25. The number of aliphatic hydroxyl groups excluding tert-OH is 1. The Hall–Kier alpha value is -1.95. The van der Waals surface area contributed by atoms with Gasteiger partial charge in [0.1, 0.15) is 0 Å². The van der Waals surface area contributed by atoms with Gasteiger partial charge in [0.15, 0.2) is 0 Å². The van der Waals surface area contributed by atoms with Crippen molar-refractivity contribution in [1.29, 1.82) is 0 Å². The molecule has 1 aromatic rings. The zero-order valence-corrected chi connectivity index (χ0v) is 9.64. The van der Waals surface area contributed by atoms with E-state index in [1.54, 1.807) is 13.8 Å². The first-order valence-electron chi connectivity index (χ1n) is 5.13. The summed E-state index contributed by atoms with van der Waals surface area (Å²) in [5.74, 6) is -0.358. The molecule has 0 saturated heterocycles. The normalized spacial score (nSPS) is 11.9. The third-order valence-electron chi connectivity index (χ3n) is 2.21. The fourth-order valence-corrected chi connectivity index (χ4v) is 1.34. The van der Waals surface area contributed by atoms with Crippen molar-refractivity contribution in [2.75, 3.05) is 6.54 Å². The maximum atomic E-state index is 11.6. The first-order chi connectivity index (χ1) is 7.91. The summed E-state index contributed by atoms with van der Waals surface area (Å²) < 4.78 is 0. The summed E-state index contributed by atoms with van der Waals surface area (Å²) >= 11 is 0. The van der Waals surface area contributed by atoms with Crippen LogP contribution in [0.2, 0.25) is 0 Å². The number of nitrogens with zero attached hydrogens (tertiary/aromatic N) is 1. The molecule has 1 atom stereocenters. The second-order valence-electron chi connectivity index (χ2n) is 3.82. The molecule has 0 saturated carbocycles. The van der Waals surface area contributed by atoms with Crippen molar-refractivity contribution in [3.63, 3.8) is 0 Å². The van der Waals surface area contributed by atoms with Crippen molar-refractivity contribution in [2.45, 2.75) is 20.0 Å². The number of carbonyl (C=O) groups excluding carboxylic acids is 1. The van der Waals surface area contributed by atoms with Gasteiger partial charge in [-0.05, 0) is 26.0 Å².